The van der Waals surface area contributed by atoms with Crippen LogP contribution in [0.5, 0.6) is 0 Å². The average Bonchev–Trinajstić information content (AvgIpc) is 2.53. The molecule has 5 nitrogen and oxygen atoms in total. The Kier molecular flexibility index (Phi) is 4.99. The van der Waals surface area contributed by atoms with Gasteiger partial charge in [0.2, 0.25) is 11.8 Å². The van der Waals surface area contributed by atoms with Crippen molar-refractivity contribution in [2.75, 3.05) is 6.54 Å². The molecule has 1 saturated heterocycles. The van der Waals surface area contributed by atoms with Gasteiger partial charge in [0.05, 0.1) is 5.25 Å². The lowest BCUT2D eigenvalue weighted by Crippen LogP contribution is -2.32. The molecule has 1 aliphatic heterocycles. The molecule has 17 heavy (non-hydrogen) atoms. The van der Waals surface area contributed by atoms with Gasteiger partial charge in [-0.05, 0) is 12.8 Å². The number of nitrogens with zero attached hydrogens (tertiary/aromatic N) is 1. The van der Waals surface area contributed by atoms with E-state index in [0.29, 0.717) is 13.0 Å². The van der Waals surface area contributed by atoms with Crippen LogP contribution in [-0.4, -0.2) is 44.8 Å². The first kappa shape index (κ1) is 14.0. The van der Waals surface area contributed by atoms with Crippen molar-refractivity contribution in [3.05, 3.63) is 0 Å². The van der Waals surface area contributed by atoms with Gasteiger partial charge in [0.15, 0.2) is 0 Å². The molecule has 0 aromatic rings. The van der Waals surface area contributed by atoms with Crippen LogP contribution in [0.25, 0.3) is 0 Å². The summed E-state index contributed by atoms with van der Waals surface area (Å²) in [5.74, 6) is -1.34. The molecule has 0 spiro atoms. The maximum atomic E-state index is 11.9. The highest BCUT2D eigenvalue weighted by atomic mass is 32.2. The van der Waals surface area contributed by atoms with Gasteiger partial charge in [0.1, 0.15) is 5.25 Å². The van der Waals surface area contributed by atoms with Crippen molar-refractivity contribution >= 4 is 29.5 Å². The number of amides is 2. The molecule has 2 atom stereocenters. The summed E-state index contributed by atoms with van der Waals surface area (Å²) in [4.78, 5) is 35.6. The van der Waals surface area contributed by atoms with Crippen LogP contribution in [0.2, 0.25) is 0 Å². The van der Waals surface area contributed by atoms with E-state index in [1.54, 1.807) is 6.92 Å². The fourth-order valence-electron chi connectivity index (χ4n) is 1.74. The third-order valence-electron chi connectivity index (χ3n) is 2.62. The fourth-order valence-corrected chi connectivity index (χ4v) is 2.93. The minimum atomic E-state index is -0.924. The second-order valence-corrected chi connectivity index (χ2v) is 5.36. The first-order valence-electron chi connectivity index (χ1n) is 5.73. The number of imide groups is 1. The Morgan fingerprint density at radius 3 is 2.65 bits per heavy atom. The summed E-state index contributed by atoms with van der Waals surface area (Å²) in [6.45, 7) is 4.09. The summed E-state index contributed by atoms with van der Waals surface area (Å²) in [5, 5.41) is 7.79. The molecule has 0 aromatic heterocycles. The molecule has 6 heteroatoms. The van der Waals surface area contributed by atoms with Crippen LogP contribution in [0.15, 0.2) is 0 Å². The normalized spacial score (nSPS) is 22.0. The van der Waals surface area contributed by atoms with Crippen molar-refractivity contribution in [3.63, 3.8) is 0 Å². The van der Waals surface area contributed by atoms with E-state index in [2.05, 4.69) is 0 Å². The second kappa shape index (κ2) is 6.05. The summed E-state index contributed by atoms with van der Waals surface area (Å²) in [5.41, 5.74) is 0. The number of hydrogen-bond acceptors (Lipinski definition) is 4. The van der Waals surface area contributed by atoms with Crippen molar-refractivity contribution in [1.82, 2.24) is 4.90 Å². The van der Waals surface area contributed by atoms with Crippen LogP contribution in [0.1, 0.15) is 33.1 Å². The number of rotatable bonds is 6. The average molecular weight is 259 g/mol. The highest BCUT2D eigenvalue weighted by Crippen LogP contribution is 2.30. The molecule has 1 N–H and O–H groups in total. The van der Waals surface area contributed by atoms with Crippen LogP contribution < -0.4 is 0 Å². The number of thioether (sulfide) groups is 1. The smallest absolute Gasteiger partial charge is 0.316 e. The molecule has 0 aliphatic carbocycles. The topological polar surface area (TPSA) is 74.7 Å². The molecule has 0 bridgehead atoms. The Hall–Kier alpha value is -1.04. The number of hydrogen-bond donors (Lipinski definition) is 1. The van der Waals surface area contributed by atoms with Crippen molar-refractivity contribution in [2.45, 2.75) is 43.6 Å². The van der Waals surface area contributed by atoms with Crippen molar-refractivity contribution in [1.29, 1.82) is 0 Å². The second-order valence-electron chi connectivity index (χ2n) is 3.95. The van der Waals surface area contributed by atoms with Crippen molar-refractivity contribution in [3.8, 4) is 0 Å². The van der Waals surface area contributed by atoms with Gasteiger partial charge in [-0.15, -0.1) is 11.8 Å². The van der Waals surface area contributed by atoms with Gasteiger partial charge in [-0.3, -0.25) is 19.3 Å². The van der Waals surface area contributed by atoms with Gasteiger partial charge in [0.25, 0.3) is 0 Å². The molecule has 0 saturated carbocycles. The Balaban J connectivity index is 2.65. The standard InChI is InChI=1S/C11H17NO4S/c1-3-5-12-9(13)6-8(10(12)14)17-7(4-2)11(15)16/h7-8H,3-6H2,1-2H3,(H,15,16). The Labute approximate surface area is 105 Å². The van der Waals surface area contributed by atoms with E-state index in [0.717, 1.165) is 18.2 Å². The van der Waals surface area contributed by atoms with E-state index in [1.807, 2.05) is 6.92 Å². The summed E-state index contributed by atoms with van der Waals surface area (Å²) >= 11 is 1.09. The van der Waals surface area contributed by atoms with Crippen LogP contribution in [-0.2, 0) is 14.4 Å². The third-order valence-corrected chi connectivity index (χ3v) is 4.18. The van der Waals surface area contributed by atoms with Gasteiger partial charge >= 0.3 is 5.97 Å². The molecular formula is C11H17NO4S. The summed E-state index contributed by atoms with van der Waals surface area (Å²) in [7, 11) is 0. The SMILES string of the molecule is CCCN1C(=O)CC(SC(CC)C(=O)O)C1=O. The van der Waals surface area contributed by atoms with Crippen molar-refractivity contribution < 1.29 is 19.5 Å². The van der Waals surface area contributed by atoms with Gasteiger partial charge in [-0.25, -0.2) is 0 Å². The molecule has 1 aliphatic rings. The molecule has 2 amide bonds. The molecule has 2 unspecified atom stereocenters. The van der Waals surface area contributed by atoms with Gasteiger partial charge < -0.3 is 5.11 Å². The Morgan fingerprint density at radius 1 is 1.53 bits per heavy atom. The maximum Gasteiger partial charge on any atom is 0.316 e. The van der Waals surface area contributed by atoms with Crippen LogP contribution in [0.3, 0.4) is 0 Å². The van der Waals surface area contributed by atoms with E-state index < -0.39 is 16.5 Å². The highest BCUT2D eigenvalue weighted by molar-refractivity contribution is 8.01. The Bertz CT molecular complexity index is 331. The largest absolute Gasteiger partial charge is 0.480 e. The number of likely N-dealkylation sites (tertiary alicyclic amines) is 1. The number of carbonyl (C=O) groups is 3. The molecule has 1 rings (SSSR count). The quantitative estimate of drug-likeness (QED) is 0.723. The van der Waals surface area contributed by atoms with E-state index in [1.165, 1.54) is 4.90 Å². The van der Waals surface area contributed by atoms with Gasteiger partial charge in [-0.1, -0.05) is 13.8 Å². The lowest BCUT2D eigenvalue weighted by atomic mass is 10.3. The highest BCUT2D eigenvalue weighted by Gasteiger charge is 2.40. The zero-order valence-corrected chi connectivity index (χ0v) is 10.8. The zero-order valence-electron chi connectivity index (χ0n) is 10.0. The molecule has 0 radical (unpaired) electrons. The Morgan fingerprint density at radius 2 is 2.18 bits per heavy atom. The van der Waals surface area contributed by atoms with E-state index in [4.69, 9.17) is 5.11 Å². The molecule has 1 fully saturated rings. The molecule has 0 aromatic carbocycles. The van der Waals surface area contributed by atoms with E-state index >= 15 is 0 Å². The van der Waals surface area contributed by atoms with E-state index in [-0.39, 0.29) is 18.2 Å². The third kappa shape index (κ3) is 3.21. The lowest BCUT2D eigenvalue weighted by molar-refractivity contribution is -0.138. The first-order chi connectivity index (χ1) is 8.01. The van der Waals surface area contributed by atoms with Gasteiger partial charge in [-0.2, -0.15) is 0 Å². The maximum absolute atomic E-state index is 11.9. The predicted molar refractivity (Wildman–Crippen MR) is 64.7 cm³/mol. The van der Waals surface area contributed by atoms with E-state index in [9.17, 15) is 14.4 Å². The minimum absolute atomic E-state index is 0.132. The van der Waals surface area contributed by atoms with Gasteiger partial charge in [0, 0.05) is 13.0 Å². The summed E-state index contributed by atoms with van der Waals surface area (Å²) in [6, 6.07) is 0. The van der Waals surface area contributed by atoms with Crippen LogP contribution >= 0.6 is 11.8 Å². The number of carboxylic acid groups (broad SMARTS) is 1. The number of carboxylic acids is 1. The summed E-state index contributed by atoms with van der Waals surface area (Å²) < 4.78 is 0. The fraction of sp³-hybridized carbons (Fsp3) is 0.727. The van der Waals surface area contributed by atoms with Crippen LogP contribution in [0, 0.1) is 0 Å². The number of carbonyl (C=O) groups excluding carboxylic acids is 2. The predicted octanol–water partition coefficient (Wildman–Crippen LogP) is 1.12. The minimum Gasteiger partial charge on any atom is -0.480 e. The first-order valence-corrected chi connectivity index (χ1v) is 6.68. The molecular weight excluding hydrogens is 242 g/mol. The zero-order chi connectivity index (χ0) is 13.0. The monoisotopic (exact) mass is 259 g/mol. The summed E-state index contributed by atoms with van der Waals surface area (Å²) in [6.07, 6.45) is 1.31. The lowest BCUT2D eigenvalue weighted by Gasteiger charge is -2.15. The van der Waals surface area contributed by atoms with Crippen LogP contribution in [0.4, 0.5) is 0 Å². The van der Waals surface area contributed by atoms with Crippen molar-refractivity contribution in [2.24, 2.45) is 0 Å². The molecule has 96 valence electrons. The number of aliphatic carboxylic acids is 1. The molecule has 1 heterocycles.